The van der Waals surface area contributed by atoms with Crippen LogP contribution in [0.3, 0.4) is 0 Å². The highest BCUT2D eigenvalue weighted by molar-refractivity contribution is 5.79. The number of ether oxygens (including phenoxy) is 2. The van der Waals surface area contributed by atoms with E-state index < -0.39 is 0 Å². The van der Waals surface area contributed by atoms with Gasteiger partial charge in [-0.3, -0.25) is 4.79 Å². The van der Waals surface area contributed by atoms with E-state index in [0.717, 1.165) is 17.7 Å². The van der Waals surface area contributed by atoms with Gasteiger partial charge in [-0.05, 0) is 48.4 Å². The first-order valence-electron chi connectivity index (χ1n) is 10.2. The molecule has 1 aliphatic rings. The fourth-order valence-electron chi connectivity index (χ4n) is 3.58. The molecule has 7 nitrogen and oxygen atoms in total. The van der Waals surface area contributed by atoms with Crippen LogP contribution in [0, 0.1) is 5.82 Å². The van der Waals surface area contributed by atoms with Gasteiger partial charge in [-0.25, -0.2) is 4.39 Å². The number of amides is 1. The van der Waals surface area contributed by atoms with Gasteiger partial charge in [0.1, 0.15) is 17.3 Å². The Hall–Kier alpha value is -3.42. The molecule has 0 aliphatic carbocycles. The molecule has 0 N–H and O–H groups in total. The fraction of sp³-hybridized carbons (Fsp3) is 0.348. The summed E-state index contributed by atoms with van der Waals surface area (Å²) in [5.74, 6) is 2.24. The molecule has 0 spiro atoms. The highest BCUT2D eigenvalue weighted by Gasteiger charge is 2.31. The Balaban J connectivity index is 1.26. The van der Waals surface area contributed by atoms with Crippen molar-refractivity contribution in [3.63, 3.8) is 0 Å². The number of carbonyl (C=O) groups is 1. The molecule has 0 bridgehead atoms. The number of aromatic nitrogens is 2. The molecule has 1 fully saturated rings. The van der Waals surface area contributed by atoms with Crippen molar-refractivity contribution in [2.75, 3.05) is 26.8 Å². The lowest BCUT2D eigenvalue weighted by atomic mass is 10.1. The first kappa shape index (κ1) is 20.8. The van der Waals surface area contributed by atoms with Crippen LogP contribution in [0.2, 0.25) is 0 Å². The molecule has 1 saturated heterocycles. The van der Waals surface area contributed by atoms with Crippen LogP contribution in [0.25, 0.3) is 0 Å². The zero-order valence-corrected chi connectivity index (χ0v) is 17.3. The molecule has 0 saturated carbocycles. The van der Waals surface area contributed by atoms with Gasteiger partial charge >= 0.3 is 0 Å². The molecular formula is C23H24FN3O4. The zero-order chi connectivity index (χ0) is 21.6. The summed E-state index contributed by atoms with van der Waals surface area (Å²) in [5, 5.41) is 4.02. The van der Waals surface area contributed by atoms with E-state index in [2.05, 4.69) is 10.1 Å². The van der Waals surface area contributed by atoms with Crippen molar-refractivity contribution in [1.29, 1.82) is 0 Å². The molecule has 4 rings (SSSR count). The first-order chi connectivity index (χ1) is 15.1. The first-order valence-corrected chi connectivity index (χ1v) is 10.2. The van der Waals surface area contributed by atoms with E-state index in [1.807, 2.05) is 29.2 Å². The molecule has 2 heterocycles. The highest BCUT2D eigenvalue weighted by atomic mass is 19.1. The van der Waals surface area contributed by atoms with Crippen LogP contribution in [0.5, 0.6) is 11.5 Å². The lowest BCUT2D eigenvalue weighted by Gasteiger charge is -2.16. The Morgan fingerprint density at radius 3 is 2.87 bits per heavy atom. The van der Waals surface area contributed by atoms with E-state index in [1.165, 1.54) is 12.1 Å². The van der Waals surface area contributed by atoms with Crippen LogP contribution < -0.4 is 9.47 Å². The number of halogens is 1. The molecule has 1 aromatic heterocycles. The molecule has 0 radical (unpaired) electrons. The van der Waals surface area contributed by atoms with Crippen molar-refractivity contribution in [2.24, 2.45) is 0 Å². The summed E-state index contributed by atoms with van der Waals surface area (Å²) >= 11 is 0. The molecule has 31 heavy (non-hydrogen) atoms. The van der Waals surface area contributed by atoms with Gasteiger partial charge in [0.15, 0.2) is 5.82 Å². The highest BCUT2D eigenvalue weighted by Crippen LogP contribution is 2.27. The minimum atomic E-state index is -0.303. The number of nitrogens with zero attached hydrogens (tertiary/aromatic N) is 3. The number of benzene rings is 2. The predicted octanol–water partition coefficient (Wildman–Crippen LogP) is 3.40. The van der Waals surface area contributed by atoms with Crippen LogP contribution in [0.15, 0.2) is 53.1 Å². The van der Waals surface area contributed by atoms with E-state index in [0.29, 0.717) is 50.0 Å². The van der Waals surface area contributed by atoms with Crippen molar-refractivity contribution < 1.29 is 23.2 Å². The van der Waals surface area contributed by atoms with Gasteiger partial charge in [0.25, 0.3) is 0 Å². The van der Waals surface area contributed by atoms with E-state index >= 15 is 0 Å². The van der Waals surface area contributed by atoms with Gasteiger partial charge in [-0.2, -0.15) is 4.98 Å². The van der Waals surface area contributed by atoms with Crippen LogP contribution in [0.4, 0.5) is 4.39 Å². The maximum atomic E-state index is 12.9. The maximum Gasteiger partial charge on any atom is 0.231 e. The Morgan fingerprint density at radius 2 is 2.06 bits per heavy atom. The second-order valence-electron chi connectivity index (χ2n) is 7.45. The Morgan fingerprint density at radius 1 is 1.23 bits per heavy atom. The van der Waals surface area contributed by atoms with E-state index in [4.69, 9.17) is 14.0 Å². The standard InChI is InChI=1S/C23H24FN3O4/c1-29-20-4-2-3-16(13-20)14-22(28)27-11-9-17(15-27)23-25-21(26-31-23)10-12-30-19-7-5-18(24)6-8-19/h2-8,13,17H,9-12,14-15H2,1H3. The van der Waals surface area contributed by atoms with Gasteiger partial charge in [-0.1, -0.05) is 17.3 Å². The fourth-order valence-corrected chi connectivity index (χ4v) is 3.58. The molecule has 1 amide bonds. The van der Waals surface area contributed by atoms with Crippen LogP contribution >= 0.6 is 0 Å². The summed E-state index contributed by atoms with van der Waals surface area (Å²) in [6, 6.07) is 13.4. The van der Waals surface area contributed by atoms with Crippen molar-refractivity contribution >= 4 is 5.91 Å². The molecule has 1 aliphatic heterocycles. The van der Waals surface area contributed by atoms with Crippen molar-refractivity contribution in [3.8, 4) is 11.5 Å². The average molecular weight is 425 g/mol. The number of hydrogen-bond donors (Lipinski definition) is 0. The summed E-state index contributed by atoms with van der Waals surface area (Å²) in [6.07, 6.45) is 1.60. The zero-order valence-electron chi connectivity index (χ0n) is 17.3. The van der Waals surface area contributed by atoms with E-state index in [1.54, 1.807) is 19.2 Å². The minimum Gasteiger partial charge on any atom is -0.497 e. The van der Waals surface area contributed by atoms with Gasteiger partial charge in [0.05, 0.1) is 26.1 Å². The van der Waals surface area contributed by atoms with Gasteiger partial charge in [0.2, 0.25) is 11.8 Å². The monoisotopic (exact) mass is 425 g/mol. The summed E-state index contributed by atoms with van der Waals surface area (Å²) in [4.78, 5) is 19.0. The molecule has 1 atom stereocenters. The summed E-state index contributed by atoms with van der Waals surface area (Å²) in [7, 11) is 1.61. The third-order valence-corrected chi connectivity index (χ3v) is 5.27. The molecule has 1 unspecified atom stereocenters. The number of likely N-dealkylation sites (tertiary alicyclic amines) is 1. The van der Waals surface area contributed by atoms with Crippen molar-refractivity contribution in [3.05, 3.63) is 71.6 Å². The Labute approximate surface area is 179 Å². The number of hydrogen-bond acceptors (Lipinski definition) is 6. The molecular weight excluding hydrogens is 401 g/mol. The van der Waals surface area contributed by atoms with Crippen LogP contribution in [0.1, 0.15) is 29.6 Å². The molecule has 3 aromatic rings. The predicted molar refractivity (Wildman–Crippen MR) is 111 cm³/mol. The lowest BCUT2D eigenvalue weighted by Crippen LogP contribution is -2.29. The van der Waals surface area contributed by atoms with Gasteiger partial charge < -0.3 is 18.9 Å². The number of methoxy groups -OCH3 is 1. The third kappa shape index (κ3) is 5.39. The second-order valence-corrected chi connectivity index (χ2v) is 7.45. The topological polar surface area (TPSA) is 77.7 Å². The van der Waals surface area contributed by atoms with Crippen molar-refractivity contribution in [2.45, 2.75) is 25.2 Å². The summed E-state index contributed by atoms with van der Waals surface area (Å²) in [5.41, 5.74) is 0.925. The Kier molecular flexibility index (Phi) is 6.45. The quantitative estimate of drug-likeness (QED) is 0.551. The van der Waals surface area contributed by atoms with Crippen LogP contribution in [-0.2, 0) is 17.6 Å². The maximum absolute atomic E-state index is 12.9. The van der Waals surface area contributed by atoms with Crippen molar-refractivity contribution in [1.82, 2.24) is 15.0 Å². The molecule has 2 aromatic carbocycles. The minimum absolute atomic E-state index is 0.0357. The SMILES string of the molecule is COc1cccc(CC(=O)N2CCC(c3nc(CCOc4ccc(F)cc4)no3)C2)c1. The lowest BCUT2D eigenvalue weighted by molar-refractivity contribution is -0.129. The van der Waals surface area contributed by atoms with Gasteiger partial charge in [0, 0.05) is 19.5 Å². The normalized spacial score (nSPS) is 15.8. The summed E-state index contributed by atoms with van der Waals surface area (Å²) < 4.78 is 29.1. The number of carbonyl (C=O) groups excluding carboxylic acids is 1. The smallest absolute Gasteiger partial charge is 0.231 e. The van der Waals surface area contributed by atoms with Crippen LogP contribution in [-0.4, -0.2) is 47.8 Å². The number of rotatable bonds is 8. The molecule has 162 valence electrons. The van der Waals surface area contributed by atoms with Gasteiger partial charge in [-0.15, -0.1) is 0 Å². The van der Waals surface area contributed by atoms with E-state index in [9.17, 15) is 9.18 Å². The Bertz CT molecular complexity index is 1020. The second kappa shape index (κ2) is 9.59. The molecule has 8 heteroatoms. The average Bonchev–Trinajstić information content (AvgIpc) is 3.45. The third-order valence-electron chi connectivity index (χ3n) is 5.27. The van der Waals surface area contributed by atoms with E-state index in [-0.39, 0.29) is 17.6 Å². The summed E-state index contributed by atoms with van der Waals surface area (Å²) in [6.45, 7) is 1.59. The largest absolute Gasteiger partial charge is 0.497 e.